The van der Waals surface area contributed by atoms with Crippen LogP contribution in [0.1, 0.15) is 22.8 Å². The Bertz CT molecular complexity index is 352. The van der Waals surface area contributed by atoms with E-state index in [2.05, 4.69) is 38.5 Å². The first kappa shape index (κ1) is 12.5. The lowest BCUT2D eigenvalue weighted by molar-refractivity contribution is 0.0991. The van der Waals surface area contributed by atoms with Crippen molar-refractivity contribution in [2.24, 2.45) is 0 Å². The minimum atomic E-state index is -0.465. The van der Waals surface area contributed by atoms with Gasteiger partial charge in [0.25, 0.3) is 0 Å². The highest BCUT2D eigenvalue weighted by atomic mass is 127. The molecule has 0 aromatic heterocycles. The first-order chi connectivity index (χ1) is 6.56. The maximum atomic E-state index is 11.7. The summed E-state index contributed by atoms with van der Waals surface area (Å²) in [5, 5.41) is 0.210. The molecule has 1 aromatic carbocycles. The third-order valence-electron chi connectivity index (χ3n) is 1.84. The third-order valence-corrected chi connectivity index (χ3v) is 3.31. The zero-order chi connectivity index (χ0) is 10.7. The van der Waals surface area contributed by atoms with E-state index < -0.39 is 5.38 Å². The minimum Gasteiger partial charge on any atom is -0.293 e. The summed E-state index contributed by atoms with van der Waals surface area (Å²) in [6.45, 7) is 1.69. The van der Waals surface area contributed by atoms with Crippen LogP contribution in [-0.4, -0.2) is 11.2 Å². The van der Waals surface area contributed by atoms with Crippen molar-refractivity contribution in [3.63, 3.8) is 0 Å². The van der Waals surface area contributed by atoms with Crippen molar-refractivity contribution in [1.29, 1.82) is 0 Å². The average molecular weight is 387 g/mol. The predicted octanol–water partition coefficient (Wildman–Crippen LogP) is 4.00. The SMILES string of the molecule is CC(Cl)C(=O)c1ccc(I)cc1CBr. The molecule has 0 bridgehead atoms. The van der Waals surface area contributed by atoms with Crippen molar-refractivity contribution in [2.75, 3.05) is 0 Å². The second-order valence-electron chi connectivity index (χ2n) is 2.92. The maximum Gasteiger partial charge on any atom is 0.180 e. The van der Waals surface area contributed by atoms with E-state index in [1.54, 1.807) is 6.92 Å². The second-order valence-corrected chi connectivity index (χ2v) is 5.38. The van der Waals surface area contributed by atoms with E-state index in [0.29, 0.717) is 10.9 Å². The topological polar surface area (TPSA) is 17.1 Å². The molecule has 0 aliphatic rings. The van der Waals surface area contributed by atoms with Crippen LogP contribution >= 0.6 is 50.1 Å². The first-order valence-electron chi connectivity index (χ1n) is 4.09. The number of halogens is 3. The molecule has 0 radical (unpaired) electrons. The summed E-state index contributed by atoms with van der Waals surface area (Å²) in [6.07, 6.45) is 0. The van der Waals surface area contributed by atoms with Gasteiger partial charge in [-0.2, -0.15) is 0 Å². The number of carbonyl (C=O) groups is 1. The molecule has 0 aliphatic heterocycles. The molecule has 4 heteroatoms. The summed E-state index contributed by atoms with van der Waals surface area (Å²) in [4.78, 5) is 11.7. The molecule has 0 fully saturated rings. The van der Waals surface area contributed by atoms with Gasteiger partial charge in [0.05, 0.1) is 5.38 Å². The van der Waals surface area contributed by atoms with Gasteiger partial charge in [-0.3, -0.25) is 4.79 Å². The quantitative estimate of drug-likeness (QED) is 0.435. The van der Waals surface area contributed by atoms with Gasteiger partial charge in [0, 0.05) is 14.5 Å². The number of benzene rings is 1. The van der Waals surface area contributed by atoms with Crippen molar-refractivity contribution in [3.05, 3.63) is 32.9 Å². The fraction of sp³-hybridized carbons (Fsp3) is 0.300. The van der Waals surface area contributed by atoms with Crippen molar-refractivity contribution in [1.82, 2.24) is 0 Å². The van der Waals surface area contributed by atoms with Crippen molar-refractivity contribution < 1.29 is 4.79 Å². The van der Waals surface area contributed by atoms with Crippen LogP contribution in [0.5, 0.6) is 0 Å². The number of ketones is 1. The fourth-order valence-corrected chi connectivity index (χ4v) is 2.26. The lowest BCUT2D eigenvalue weighted by Gasteiger charge is -2.07. The molecule has 1 unspecified atom stereocenters. The van der Waals surface area contributed by atoms with Crippen LogP contribution in [0, 0.1) is 3.57 Å². The molecule has 0 saturated carbocycles. The van der Waals surface area contributed by atoms with Crippen molar-refractivity contribution >= 4 is 55.9 Å². The lowest BCUT2D eigenvalue weighted by Crippen LogP contribution is -2.12. The van der Waals surface area contributed by atoms with Crippen LogP contribution in [0.2, 0.25) is 0 Å². The summed E-state index contributed by atoms with van der Waals surface area (Å²) >= 11 is 11.3. The van der Waals surface area contributed by atoms with Gasteiger partial charge in [-0.05, 0) is 53.3 Å². The monoisotopic (exact) mass is 386 g/mol. The summed E-state index contributed by atoms with van der Waals surface area (Å²) < 4.78 is 1.12. The summed E-state index contributed by atoms with van der Waals surface area (Å²) in [7, 11) is 0. The standard InChI is InChI=1S/C10H9BrClIO/c1-6(12)10(14)9-3-2-8(13)4-7(9)5-11/h2-4,6H,5H2,1H3. The van der Waals surface area contributed by atoms with Gasteiger partial charge in [0.15, 0.2) is 5.78 Å². The molecular formula is C10H9BrClIO. The number of Topliss-reactive ketones (excluding diaryl/α,β-unsaturated/α-hetero) is 1. The molecule has 1 aromatic rings. The Morgan fingerprint density at radius 1 is 1.64 bits per heavy atom. The van der Waals surface area contributed by atoms with E-state index in [1.165, 1.54) is 0 Å². The second kappa shape index (κ2) is 5.47. The predicted molar refractivity (Wildman–Crippen MR) is 71.4 cm³/mol. The average Bonchev–Trinajstić information content (AvgIpc) is 2.16. The summed E-state index contributed by atoms with van der Waals surface area (Å²) in [6, 6.07) is 5.74. The van der Waals surface area contributed by atoms with E-state index in [-0.39, 0.29) is 5.78 Å². The van der Waals surface area contributed by atoms with Crippen LogP contribution in [0.3, 0.4) is 0 Å². The molecular weight excluding hydrogens is 378 g/mol. The molecule has 0 spiro atoms. The molecule has 1 atom stereocenters. The molecule has 0 amide bonds. The molecule has 1 nitrogen and oxygen atoms in total. The number of hydrogen-bond acceptors (Lipinski definition) is 1. The van der Waals surface area contributed by atoms with Crippen molar-refractivity contribution in [3.8, 4) is 0 Å². The number of hydrogen-bond donors (Lipinski definition) is 0. The van der Waals surface area contributed by atoms with E-state index >= 15 is 0 Å². The number of alkyl halides is 2. The number of rotatable bonds is 3. The van der Waals surface area contributed by atoms with Crippen LogP contribution < -0.4 is 0 Å². The largest absolute Gasteiger partial charge is 0.293 e. The van der Waals surface area contributed by atoms with Gasteiger partial charge >= 0.3 is 0 Å². The normalized spacial score (nSPS) is 12.6. The molecule has 0 N–H and O–H groups in total. The molecule has 14 heavy (non-hydrogen) atoms. The highest BCUT2D eigenvalue weighted by Crippen LogP contribution is 2.19. The maximum absolute atomic E-state index is 11.7. The van der Waals surface area contributed by atoms with Gasteiger partial charge in [0.2, 0.25) is 0 Å². The van der Waals surface area contributed by atoms with E-state index in [9.17, 15) is 4.79 Å². The van der Waals surface area contributed by atoms with Crippen molar-refractivity contribution in [2.45, 2.75) is 17.6 Å². The molecule has 0 saturated heterocycles. The fourth-order valence-electron chi connectivity index (χ4n) is 1.13. The first-order valence-corrected chi connectivity index (χ1v) is 6.72. The Morgan fingerprint density at radius 2 is 2.29 bits per heavy atom. The Morgan fingerprint density at radius 3 is 2.79 bits per heavy atom. The highest BCUT2D eigenvalue weighted by Gasteiger charge is 2.15. The zero-order valence-electron chi connectivity index (χ0n) is 7.56. The number of carbonyl (C=O) groups excluding carboxylic acids is 1. The minimum absolute atomic E-state index is 0.0162. The Labute approximate surface area is 110 Å². The molecule has 0 aliphatic carbocycles. The molecule has 76 valence electrons. The smallest absolute Gasteiger partial charge is 0.180 e. The highest BCUT2D eigenvalue weighted by molar-refractivity contribution is 14.1. The van der Waals surface area contributed by atoms with Gasteiger partial charge in [-0.25, -0.2) is 0 Å². The van der Waals surface area contributed by atoms with Crippen LogP contribution in [-0.2, 0) is 5.33 Å². The molecule has 0 heterocycles. The zero-order valence-corrected chi connectivity index (χ0v) is 12.1. The third kappa shape index (κ3) is 2.94. The Hall–Kier alpha value is 0.390. The van der Waals surface area contributed by atoms with E-state index in [4.69, 9.17) is 11.6 Å². The summed E-state index contributed by atoms with van der Waals surface area (Å²) in [5.74, 6) is -0.0162. The van der Waals surface area contributed by atoms with Gasteiger partial charge in [0.1, 0.15) is 0 Å². The Balaban J connectivity index is 3.14. The van der Waals surface area contributed by atoms with Gasteiger partial charge in [-0.1, -0.05) is 15.9 Å². The van der Waals surface area contributed by atoms with Crippen LogP contribution in [0.25, 0.3) is 0 Å². The van der Waals surface area contributed by atoms with Crippen LogP contribution in [0.4, 0.5) is 0 Å². The van der Waals surface area contributed by atoms with Gasteiger partial charge in [-0.15, -0.1) is 11.6 Å². The van der Waals surface area contributed by atoms with E-state index in [0.717, 1.165) is 9.13 Å². The lowest BCUT2D eigenvalue weighted by atomic mass is 10.0. The Kier molecular flexibility index (Phi) is 4.87. The summed E-state index contributed by atoms with van der Waals surface area (Å²) in [5.41, 5.74) is 1.71. The van der Waals surface area contributed by atoms with E-state index in [1.807, 2.05) is 18.2 Å². The van der Waals surface area contributed by atoms with Crippen LogP contribution in [0.15, 0.2) is 18.2 Å². The molecule has 1 rings (SSSR count). The van der Waals surface area contributed by atoms with Gasteiger partial charge < -0.3 is 0 Å².